The van der Waals surface area contributed by atoms with Gasteiger partial charge in [-0.15, -0.1) is 0 Å². The number of ether oxygens (including phenoxy) is 1. The number of imidazole rings is 1. The Morgan fingerprint density at radius 3 is 2.78 bits per heavy atom. The molecule has 2 aromatic rings. The third-order valence-corrected chi connectivity index (χ3v) is 3.35. The van der Waals surface area contributed by atoms with Crippen LogP contribution in [0.1, 0.15) is 47.8 Å². The molecule has 0 aliphatic carbocycles. The van der Waals surface area contributed by atoms with Gasteiger partial charge in [-0.05, 0) is 32.4 Å². The van der Waals surface area contributed by atoms with Crippen LogP contribution in [0.15, 0.2) is 24.3 Å². The van der Waals surface area contributed by atoms with Gasteiger partial charge in [-0.3, -0.25) is 10.2 Å². The number of nitrogens with one attached hydrogen (secondary N) is 1. The number of carbonyl (C=O) groups excluding carboxylic acids is 1. The molecule has 120 valence electrons. The van der Waals surface area contributed by atoms with Crippen molar-refractivity contribution in [3.63, 3.8) is 0 Å². The lowest BCUT2D eigenvalue weighted by atomic mass is 10.2. The third kappa shape index (κ3) is 3.51. The summed E-state index contributed by atoms with van der Waals surface area (Å²) in [5, 5.41) is 9.32. The molecule has 1 aromatic carbocycles. The first kappa shape index (κ1) is 16.6. The molecule has 0 aliphatic heterocycles. The predicted octanol–water partition coefficient (Wildman–Crippen LogP) is 2.80. The number of rotatable bonds is 6. The van der Waals surface area contributed by atoms with Gasteiger partial charge in [-0.25, -0.2) is 9.66 Å². The average Bonchev–Trinajstić information content (AvgIpc) is 2.83. The van der Waals surface area contributed by atoms with Crippen LogP contribution in [0.5, 0.6) is 5.75 Å². The second-order valence-corrected chi connectivity index (χ2v) is 5.03. The number of benzene rings is 1. The number of hydrogen-bond donors (Lipinski definition) is 1. The second-order valence-electron chi connectivity index (χ2n) is 5.03. The van der Waals surface area contributed by atoms with Gasteiger partial charge in [-0.2, -0.15) is 5.26 Å². The van der Waals surface area contributed by atoms with E-state index in [1.807, 2.05) is 19.9 Å². The number of aryl methyl sites for hydroxylation is 2. The summed E-state index contributed by atoms with van der Waals surface area (Å²) in [7, 11) is 0. The molecule has 0 saturated heterocycles. The maximum Gasteiger partial charge on any atom is 0.273 e. The summed E-state index contributed by atoms with van der Waals surface area (Å²) in [4.78, 5) is 17.0. The Balaban J connectivity index is 2.36. The van der Waals surface area contributed by atoms with Crippen LogP contribution in [0.2, 0.25) is 0 Å². The minimum atomic E-state index is -0.333. The van der Waals surface area contributed by atoms with Gasteiger partial charge >= 0.3 is 0 Å². The standard InChI is InChI=1S/C17H20N4O2/c1-4-8-16-19-12(3)14(11-18)21(16)20-17(22)13-9-6-7-10-15(13)23-5-2/h6-7,9-10H,4-5,8H2,1-3H3,(H,20,22). The molecule has 1 heterocycles. The van der Waals surface area contributed by atoms with Crippen LogP contribution in [-0.4, -0.2) is 22.2 Å². The van der Waals surface area contributed by atoms with Crippen molar-refractivity contribution >= 4 is 5.91 Å². The number of amides is 1. The van der Waals surface area contributed by atoms with E-state index in [1.165, 1.54) is 4.68 Å². The molecule has 0 unspecified atom stereocenters. The highest BCUT2D eigenvalue weighted by molar-refractivity contribution is 6.02. The van der Waals surface area contributed by atoms with Gasteiger partial charge in [-0.1, -0.05) is 19.1 Å². The number of carbonyl (C=O) groups is 1. The van der Waals surface area contributed by atoms with Gasteiger partial charge in [0.15, 0.2) is 5.69 Å². The molecular formula is C17H20N4O2. The van der Waals surface area contributed by atoms with Crippen molar-refractivity contribution in [2.45, 2.75) is 33.6 Å². The number of nitriles is 1. The topological polar surface area (TPSA) is 79.9 Å². The van der Waals surface area contributed by atoms with E-state index in [-0.39, 0.29) is 5.91 Å². The molecule has 0 atom stereocenters. The Bertz CT molecular complexity index is 744. The Morgan fingerprint density at radius 1 is 1.39 bits per heavy atom. The highest BCUT2D eigenvalue weighted by Gasteiger charge is 2.18. The molecule has 0 fully saturated rings. The van der Waals surface area contributed by atoms with E-state index in [2.05, 4.69) is 16.5 Å². The SMILES string of the molecule is CCCc1nc(C)c(C#N)n1NC(=O)c1ccccc1OCC. The summed E-state index contributed by atoms with van der Waals surface area (Å²) in [6.45, 7) is 6.11. The normalized spacial score (nSPS) is 10.2. The van der Waals surface area contributed by atoms with Crippen molar-refractivity contribution in [1.82, 2.24) is 9.66 Å². The van der Waals surface area contributed by atoms with E-state index >= 15 is 0 Å². The fourth-order valence-corrected chi connectivity index (χ4v) is 2.33. The molecule has 0 bridgehead atoms. The van der Waals surface area contributed by atoms with E-state index in [1.54, 1.807) is 25.1 Å². The molecule has 1 amide bonds. The molecule has 2 rings (SSSR count). The van der Waals surface area contributed by atoms with E-state index in [0.29, 0.717) is 41.6 Å². The fraction of sp³-hybridized carbons (Fsp3) is 0.353. The van der Waals surface area contributed by atoms with Crippen molar-refractivity contribution < 1.29 is 9.53 Å². The van der Waals surface area contributed by atoms with Crippen molar-refractivity contribution in [3.05, 3.63) is 47.0 Å². The summed E-state index contributed by atoms with van der Waals surface area (Å²) < 4.78 is 6.96. The smallest absolute Gasteiger partial charge is 0.273 e. The zero-order valence-electron chi connectivity index (χ0n) is 13.6. The lowest BCUT2D eigenvalue weighted by molar-refractivity contribution is 0.100. The minimum Gasteiger partial charge on any atom is -0.493 e. The van der Waals surface area contributed by atoms with Crippen molar-refractivity contribution in [2.24, 2.45) is 0 Å². The van der Waals surface area contributed by atoms with Gasteiger partial charge in [0, 0.05) is 6.42 Å². The fourth-order valence-electron chi connectivity index (χ4n) is 2.33. The maximum atomic E-state index is 12.6. The van der Waals surface area contributed by atoms with Gasteiger partial charge in [0.05, 0.1) is 17.9 Å². The first-order valence-corrected chi connectivity index (χ1v) is 7.63. The Kier molecular flexibility index (Phi) is 5.36. The number of para-hydroxylation sites is 1. The first-order chi connectivity index (χ1) is 11.1. The van der Waals surface area contributed by atoms with Crippen molar-refractivity contribution in [2.75, 3.05) is 12.0 Å². The zero-order chi connectivity index (χ0) is 16.8. The molecule has 1 N–H and O–H groups in total. The Morgan fingerprint density at radius 2 is 2.13 bits per heavy atom. The van der Waals surface area contributed by atoms with Crippen molar-refractivity contribution in [3.8, 4) is 11.8 Å². The highest BCUT2D eigenvalue weighted by Crippen LogP contribution is 2.19. The zero-order valence-corrected chi connectivity index (χ0v) is 13.6. The summed E-state index contributed by atoms with van der Waals surface area (Å²) >= 11 is 0. The van der Waals surface area contributed by atoms with Crippen LogP contribution in [0.3, 0.4) is 0 Å². The monoisotopic (exact) mass is 312 g/mol. The Hall–Kier alpha value is -2.81. The summed E-state index contributed by atoms with van der Waals surface area (Å²) in [5.74, 6) is 0.851. The largest absolute Gasteiger partial charge is 0.493 e. The van der Waals surface area contributed by atoms with Crippen LogP contribution >= 0.6 is 0 Å². The third-order valence-electron chi connectivity index (χ3n) is 3.35. The van der Waals surface area contributed by atoms with Crippen molar-refractivity contribution in [1.29, 1.82) is 5.26 Å². The summed E-state index contributed by atoms with van der Waals surface area (Å²) in [6.07, 6.45) is 1.54. The Labute approximate surface area is 135 Å². The maximum absolute atomic E-state index is 12.6. The molecular weight excluding hydrogens is 292 g/mol. The molecule has 0 radical (unpaired) electrons. The molecule has 6 heteroatoms. The second kappa shape index (κ2) is 7.45. The first-order valence-electron chi connectivity index (χ1n) is 7.63. The van der Waals surface area contributed by atoms with Gasteiger partial charge in [0.25, 0.3) is 5.91 Å². The average molecular weight is 312 g/mol. The lowest BCUT2D eigenvalue weighted by Gasteiger charge is -2.13. The minimum absolute atomic E-state index is 0.333. The molecule has 1 aromatic heterocycles. The number of nitrogens with zero attached hydrogens (tertiary/aromatic N) is 3. The van der Waals surface area contributed by atoms with Crippen LogP contribution in [0, 0.1) is 18.3 Å². The predicted molar refractivity (Wildman–Crippen MR) is 87.0 cm³/mol. The molecule has 23 heavy (non-hydrogen) atoms. The summed E-state index contributed by atoms with van der Waals surface area (Å²) in [5.41, 5.74) is 4.14. The van der Waals surface area contributed by atoms with Gasteiger partial charge in [0.1, 0.15) is 17.6 Å². The molecule has 0 saturated carbocycles. The van der Waals surface area contributed by atoms with Crippen LogP contribution in [0.25, 0.3) is 0 Å². The molecule has 0 spiro atoms. The van der Waals surface area contributed by atoms with E-state index in [0.717, 1.165) is 6.42 Å². The van der Waals surface area contributed by atoms with Gasteiger partial charge < -0.3 is 4.74 Å². The van der Waals surface area contributed by atoms with Gasteiger partial charge in [0.2, 0.25) is 0 Å². The number of aromatic nitrogens is 2. The summed E-state index contributed by atoms with van der Waals surface area (Å²) in [6, 6.07) is 9.11. The van der Waals surface area contributed by atoms with E-state index in [4.69, 9.17) is 4.74 Å². The highest BCUT2D eigenvalue weighted by atomic mass is 16.5. The van der Waals surface area contributed by atoms with Crippen LogP contribution in [-0.2, 0) is 6.42 Å². The van der Waals surface area contributed by atoms with Crippen LogP contribution < -0.4 is 10.2 Å². The molecule has 6 nitrogen and oxygen atoms in total. The molecule has 0 aliphatic rings. The quantitative estimate of drug-likeness (QED) is 0.889. The van der Waals surface area contributed by atoms with Crippen LogP contribution in [0.4, 0.5) is 0 Å². The lowest BCUT2D eigenvalue weighted by Crippen LogP contribution is -2.26. The number of hydrogen-bond acceptors (Lipinski definition) is 4. The van der Waals surface area contributed by atoms with E-state index < -0.39 is 0 Å². The van der Waals surface area contributed by atoms with E-state index in [9.17, 15) is 10.1 Å².